The van der Waals surface area contributed by atoms with Crippen molar-refractivity contribution in [2.45, 2.75) is 5.01 Å². The summed E-state index contributed by atoms with van der Waals surface area (Å²) in [6.45, 7) is 0. The molecule has 3 rings (SSSR count). The first-order valence-corrected chi connectivity index (χ1v) is 7.91. The van der Waals surface area contributed by atoms with Crippen LogP contribution in [0.1, 0.15) is 10.6 Å². The van der Waals surface area contributed by atoms with Crippen LogP contribution in [0.25, 0.3) is 0 Å². The van der Waals surface area contributed by atoms with Gasteiger partial charge in [0.2, 0.25) is 0 Å². The Labute approximate surface area is 138 Å². The summed E-state index contributed by atoms with van der Waals surface area (Å²) in [7, 11) is 0. The van der Waals surface area contributed by atoms with E-state index in [1.54, 1.807) is 0 Å². The van der Waals surface area contributed by atoms with Crippen LogP contribution in [0, 0.1) is 0 Å². The normalized spacial score (nSPS) is 11.7. The van der Waals surface area contributed by atoms with E-state index in [0.29, 0.717) is 0 Å². The van der Waals surface area contributed by atoms with Gasteiger partial charge in [0.25, 0.3) is 0 Å². The van der Waals surface area contributed by atoms with Crippen LogP contribution < -0.4 is 9.47 Å². The number of hydrogen-bond acceptors (Lipinski definition) is 2. The first-order chi connectivity index (χ1) is 10.8. The van der Waals surface area contributed by atoms with Gasteiger partial charge in [-0.1, -0.05) is 48.5 Å². The van der Waals surface area contributed by atoms with Crippen LogP contribution in [0.4, 0.5) is 0 Å². The van der Waals surface area contributed by atoms with Crippen LogP contribution in [0.3, 0.4) is 0 Å². The highest BCUT2D eigenvalue weighted by molar-refractivity contribution is 9.09. The Morgan fingerprint density at radius 3 is 1.73 bits per heavy atom. The molecule has 0 aromatic heterocycles. The third-order valence-electron chi connectivity index (χ3n) is 3.10. The molecule has 0 N–H and O–H groups in total. The molecule has 0 amide bonds. The van der Waals surface area contributed by atoms with Crippen LogP contribution in [0.5, 0.6) is 17.2 Å². The van der Waals surface area contributed by atoms with Gasteiger partial charge >= 0.3 is 0 Å². The molecule has 0 radical (unpaired) electrons. The molecule has 0 bridgehead atoms. The summed E-state index contributed by atoms with van der Waals surface area (Å²) in [5, 5.41) is -0.172. The number of hydrogen-bond donors (Lipinski definition) is 0. The maximum absolute atomic E-state index is 5.87. The molecule has 0 spiro atoms. The Balaban J connectivity index is 1.64. The van der Waals surface area contributed by atoms with Gasteiger partial charge in [-0.2, -0.15) is 0 Å². The minimum Gasteiger partial charge on any atom is -0.474 e. The fourth-order valence-electron chi connectivity index (χ4n) is 2.00. The predicted molar refractivity (Wildman–Crippen MR) is 91.7 cm³/mol. The largest absolute Gasteiger partial charge is 0.474 e. The number of benzene rings is 3. The lowest BCUT2D eigenvalue weighted by Gasteiger charge is -2.14. The average Bonchev–Trinajstić information content (AvgIpc) is 2.58. The van der Waals surface area contributed by atoms with Gasteiger partial charge in [-0.3, -0.25) is 0 Å². The second-order valence-corrected chi connectivity index (χ2v) is 5.56. The lowest BCUT2D eigenvalue weighted by molar-refractivity contribution is 0.301. The molecule has 0 heterocycles. The molecule has 0 saturated heterocycles. The number of halogens is 1. The van der Waals surface area contributed by atoms with Crippen molar-refractivity contribution >= 4 is 15.9 Å². The number of ether oxygens (including phenoxy) is 2. The Morgan fingerprint density at radius 1 is 0.591 bits per heavy atom. The molecule has 2 nitrogen and oxygen atoms in total. The zero-order valence-electron chi connectivity index (χ0n) is 11.9. The van der Waals surface area contributed by atoms with Crippen LogP contribution in [-0.4, -0.2) is 0 Å². The molecule has 1 unspecified atom stereocenters. The van der Waals surface area contributed by atoms with Gasteiger partial charge in [-0.05, 0) is 52.3 Å². The van der Waals surface area contributed by atoms with Crippen LogP contribution >= 0.6 is 15.9 Å². The fourth-order valence-corrected chi connectivity index (χ4v) is 2.52. The predicted octanol–water partition coefficient (Wildman–Crippen LogP) is 5.95. The van der Waals surface area contributed by atoms with E-state index < -0.39 is 0 Å². The monoisotopic (exact) mass is 354 g/mol. The summed E-state index contributed by atoms with van der Waals surface area (Å²) >= 11 is 3.54. The summed E-state index contributed by atoms with van der Waals surface area (Å²) in [5.41, 5.74) is 1.08. The van der Waals surface area contributed by atoms with Crippen molar-refractivity contribution in [2.24, 2.45) is 0 Å². The van der Waals surface area contributed by atoms with Crippen LogP contribution in [0.15, 0.2) is 84.9 Å². The fraction of sp³-hybridized carbons (Fsp3) is 0.0526. The highest BCUT2D eigenvalue weighted by Gasteiger charge is 2.08. The summed E-state index contributed by atoms with van der Waals surface area (Å²) in [5.74, 6) is 2.38. The van der Waals surface area contributed by atoms with Crippen molar-refractivity contribution in [1.29, 1.82) is 0 Å². The Morgan fingerprint density at radius 2 is 1.09 bits per heavy atom. The minimum atomic E-state index is -0.172. The highest BCUT2D eigenvalue weighted by atomic mass is 79.9. The molecule has 3 heteroatoms. The van der Waals surface area contributed by atoms with E-state index in [9.17, 15) is 0 Å². The standard InChI is InChI=1S/C19H15BrO2/c20-19(15-7-3-1-4-8-15)22-18-13-11-17(12-14-18)21-16-9-5-2-6-10-16/h1-14,19H. The van der Waals surface area contributed by atoms with Crippen molar-refractivity contribution in [3.05, 3.63) is 90.5 Å². The average molecular weight is 355 g/mol. The van der Waals surface area contributed by atoms with Gasteiger partial charge in [0.15, 0.2) is 5.01 Å². The molecule has 3 aromatic carbocycles. The van der Waals surface area contributed by atoms with E-state index in [4.69, 9.17) is 9.47 Å². The highest BCUT2D eigenvalue weighted by Crippen LogP contribution is 2.29. The maximum Gasteiger partial charge on any atom is 0.178 e. The maximum atomic E-state index is 5.87. The molecule has 0 saturated carbocycles. The molecule has 1 atom stereocenters. The summed E-state index contributed by atoms with van der Waals surface area (Å²) < 4.78 is 11.6. The summed E-state index contributed by atoms with van der Waals surface area (Å²) in [4.78, 5) is 0. The topological polar surface area (TPSA) is 18.5 Å². The van der Waals surface area contributed by atoms with Crippen molar-refractivity contribution in [2.75, 3.05) is 0 Å². The zero-order chi connectivity index (χ0) is 15.2. The number of para-hydroxylation sites is 1. The molecular formula is C19H15BrO2. The minimum absolute atomic E-state index is 0.172. The number of rotatable bonds is 5. The van der Waals surface area contributed by atoms with Crippen molar-refractivity contribution < 1.29 is 9.47 Å². The van der Waals surface area contributed by atoms with Gasteiger partial charge < -0.3 is 9.47 Å². The molecule has 3 aromatic rings. The van der Waals surface area contributed by atoms with Crippen LogP contribution in [0.2, 0.25) is 0 Å². The molecule has 0 aliphatic rings. The van der Waals surface area contributed by atoms with Gasteiger partial charge in [0.05, 0.1) is 0 Å². The molecular weight excluding hydrogens is 340 g/mol. The number of alkyl halides is 1. The van der Waals surface area contributed by atoms with E-state index >= 15 is 0 Å². The van der Waals surface area contributed by atoms with Gasteiger partial charge in [0.1, 0.15) is 17.2 Å². The third-order valence-corrected chi connectivity index (χ3v) is 3.82. The van der Waals surface area contributed by atoms with Gasteiger partial charge in [-0.15, -0.1) is 0 Å². The van der Waals surface area contributed by atoms with E-state index in [1.165, 1.54) is 0 Å². The van der Waals surface area contributed by atoms with Gasteiger partial charge in [0, 0.05) is 5.56 Å². The zero-order valence-corrected chi connectivity index (χ0v) is 13.4. The lowest BCUT2D eigenvalue weighted by Crippen LogP contribution is -1.99. The molecule has 0 aliphatic carbocycles. The molecule has 0 fully saturated rings. The molecule has 110 valence electrons. The van der Waals surface area contributed by atoms with Crippen molar-refractivity contribution in [3.63, 3.8) is 0 Å². The molecule has 0 aliphatic heterocycles. The van der Waals surface area contributed by atoms with Crippen molar-refractivity contribution in [1.82, 2.24) is 0 Å². The first kappa shape index (κ1) is 14.7. The first-order valence-electron chi connectivity index (χ1n) is 7.00. The van der Waals surface area contributed by atoms with Crippen molar-refractivity contribution in [3.8, 4) is 17.2 Å². The SMILES string of the molecule is BrC(Oc1ccc(Oc2ccccc2)cc1)c1ccccc1. The third kappa shape index (κ3) is 3.89. The Kier molecular flexibility index (Phi) is 4.76. The Bertz CT molecular complexity index is 697. The van der Waals surface area contributed by atoms with E-state index in [0.717, 1.165) is 22.8 Å². The second kappa shape index (κ2) is 7.14. The smallest absolute Gasteiger partial charge is 0.178 e. The van der Waals surface area contributed by atoms with E-state index in [2.05, 4.69) is 15.9 Å². The van der Waals surface area contributed by atoms with E-state index in [1.807, 2.05) is 84.9 Å². The second-order valence-electron chi connectivity index (χ2n) is 4.73. The summed E-state index contributed by atoms with van der Waals surface area (Å²) in [6, 6.07) is 27.3. The summed E-state index contributed by atoms with van der Waals surface area (Å²) in [6.07, 6.45) is 0. The van der Waals surface area contributed by atoms with Crippen LogP contribution in [-0.2, 0) is 0 Å². The van der Waals surface area contributed by atoms with E-state index in [-0.39, 0.29) is 5.01 Å². The lowest BCUT2D eigenvalue weighted by atomic mass is 10.2. The quantitative estimate of drug-likeness (QED) is 0.527. The molecule has 22 heavy (non-hydrogen) atoms. The van der Waals surface area contributed by atoms with Gasteiger partial charge in [-0.25, -0.2) is 0 Å². The Hall–Kier alpha value is -2.26.